The summed E-state index contributed by atoms with van der Waals surface area (Å²) in [4.78, 5) is 15.7. The number of anilines is 3. The molecular formula is C13H12IN3O2. The van der Waals surface area contributed by atoms with E-state index in [0.29, 0.717) is 17.1 Å². The molecule has 3 N–H and O–H groups in total. The number of ether oxygens (including phenoxy) is 1. The van der Waals surface area contributed by atoms with Gasteiger partial charge in [0.1, 0.15) is 5.82 Å². The number of nitrogens with two attached hydrogens (primary N) is 1. The minimum Gasteiger partial charge on any atom is -0.465 e. The smallest absolute Gasteiger partial charge is 0.340 e. The van der Waals surface area contributed by atoms with Crippen LogP contribution in [0.15, 0.2) is 36.5 Å². The summed E-state index contributed by atoms with van der Waals surface area (Å²) in [6, 6.07) is 9.37. The normalized spacial score (nSPS) is 10.0. The monoisotopic (exact) mass is 369 g/mol. The summed E-state index contributed by atoms with van der Waals surface area (Å²) in [7, 11) is 1.31. The van der Waals surface area contributed by atoms with Crippen molar-refractivity contribution in [3.8, 4) is 0 Å². The SMILES string of the molecule is COC(=O)c1cc(Nc2ccc(I)cc2)ncc1N. The predicted octanol–water partition coefficient (Wildman–Crippen LogP) is 2.80. The van der Waals surface area contributed by atoms with E-state index in [2.05, 4.69) is 37.6 Å². The predicted molar refractivity (Wildman–Crippen MR) is 82.4 cm³/mol. The van der Waals surface area contributed by atoms with Crippen LogP contribution >= 0.6 is 22.6 Å². The average Bonchev–Trinajstić information content (AvgIpc) is 2.42. The molecule has 98 valence electrons. The number of carbonyl (C=O) groups is 1. The zero-order chi connectivity index (χ0) is 13.8. The summed E-state index contributed by atoms with van der Waals surface area (Å²) in [5.74, 6) is 0.0568. The molecule has 0 fully saturated rings. The number of nitrogen functional groups attached to an aromatic ring is 1. The number of benzene rings is 1. The van der Waals surface area contributed by atoms with Crippen LogP contribution in [0.5, 0.6) is 0 Å². The van der Waals surface area contributed by atoms with Crippen LogP contribution in [0.1, 0.15) is 10.4 Å². The molecule has 2 rings (SSSR count). The van der Waals surface area contributed by atoms with E-state index in [0.717, 1.165) is 9.26 Å². The van der Waals surface area contributed by atoms with Crippen molar-refractivity contribution in [3.05, 3.63) is 45.7 Å². The van der Waals surface area contributed by atoms with Gasteiger partial charge in [0.2, 0.25) is 0 Å². The summed E-state index contributed by atoms with van der Waals surface area (Å²) < 4.78 is 5.80. The summed E-state index contributed by atoms with van der Waals surface area (Å²) >= 11 is 2.23. The number of hydrogen-bond donors (Lipinski definition) is 2. The zero-order valence-corrected chi connectivity index (χ0v) is 12.3. The Morgan fingerprint density at radius 1 is 1.37 bits per heavy atom. The molecule has 0 amide bonds. The van der Waals surface area contributed by atoms with Gasteiger partial charge in [-0.2, -0.15) is 0 Å². The van der Waals surface area contributed by atoms with Crippen molar-refractivity contribution in [2.24, 2.45) is 0 Å². The van der Waals surface area contributed by atoms with E-state index >= 15 is 0 Å². The maximum Gasteiger partial charge on any atom is 0.340 e. The molecule has 0 aliphatic rings. The summed E-state index contributed by atoms with van der Waals surface area (Å²) in [6.07, 6.45) is 1.43. The highest BCUT2D eigenvalue weighted by Crippen LogP contribution is 2.20. The van der Waals surface area contributed by atoms with E-state index in [-0.39, 0.29) is 0 Å². The van der Waals surface area contributed by atoms with Gasteiger partial charge in [-0.1, -0.05) is 0 Å². The van der Waals surface area contributed by atoms with Gasteiger partial charge in [-0.3, -0.25) is 0 Å². The lowest BCUT2D eigenvalue weighted by molar-refractivity contribution is 0.0602. The fourth-order valence-corrected chi connectivity index (χ4v) is 1.86. The molecule has 2 aromatic rings. The number of carbonyl (C=O) groups excluding carboxylic acids is 1. The number of aromatic nitrogens is 1. The molecule has 0 bridgehead atoms. The molecular weight excluding hydrogens is 357 g/mol. The van der Waals surface area contributed by atoms with Crippen LogP contribution < -0.4 is 11.1 Å². The summed E-state index contributed by atoms with van der Waals surface area (Å²) in [5, 5.41) is 3.10. The number of esters is 1. The number of halogens is 1. The van der Waals surface area contributed by atoms with Crippen LogP contribution in [0.2, 0.25) is 0 Å². The molecule has 0 saturated carbocycles. The molecule has 0 saturated heterocycles. The lowest BCUT2D eigenvalue weighted by atomic mass is 10.2. The third-order valence-corrected chi connectivity index (χ3v) is 3.18. The van der Waals surface area contributed by atoms with Crippen molar-refractivity contribution >= 4 is 45.8 Å². The van der Waals surface area contributed by atoms with Crippen molar-refractivity contribution in [2.75, 3.05) is 18.2 Å². The minimum absolute atomic E-state index is 0.292. The first-order valence-corrected chi connectivity index (χ1v) is 6.54. The first kappa shape index (κ1) is 13.6. The van der Waals surface area contributed by atoms with Gasteiger partial charge < -0.3 is 15.8 Å². The highest BCUT2D eigenvalue weighted by molar-refractivity contribution is 14.1. The molecule has 5 nitrogen and oxygen atoms in total. The van der Waals surface area contributed by atoms with Crippen LogP contribution in [-0.4, -0.2) is 18.1 Å². The second-order valence-electron chi connectivity index (χ2n) is 3.78. The van der Waals surface area contributed by atoms with Gasteiger partial charge >= 0.3 is 5.97 Å². The quantitative estimate of drug-likeness (QED) is 0.643. The van der Waals surface area contributed by atoms with Gasteiger partial charge in [-0.25, -0.2) is 9.78 Å². The topological polar surface area (TPSA) is 77.2 Å². The Bertz CT molecular complexity index is 599. The van der Waals surface area contributed by atoms with Crippen molar-refractivity contribution in [2.45, 2.75) is 0 Å². The maximum absolute atomic E-state index is 11.5. The first-order valence-electron chi connectivity index (χ1n) is 5.46. The first-order chi connectivity index (χ1) is 9.10. The lowest BCUT2D eigenvalue weighted by Gasteiger charge is -2.08. The van der Waals surface area contributed by atoms with Gasteiger partial charge in [-0.15, -0.1) is 0 Å². The Morgan fingerprint density at radius 3 is 2.68 bits per heavy atom. The Morgan fingerprint density at radius 2 is 2.05 bits per heavy atom. The Hall–Kier alpha value is -1.83. The van der Waals surface area contributed by atoms with Gasteiger partial charge in [0.25, 0.3) is 0 Å². The average molecular weight is 369 g/mol. The van der Waals surface area contributed by atoms with Crippen LogP contribution in [0.3, 0.4) is 0 Å². The van der Waals surface area contributed by atoms with Gasteiger partial charge in [0, 0.05) is 9.26 Å². The maximum atomic E-state index is 11.5. The van der Waals surface area contributed by atoms with E-state index < -0.39 is 5.97 Å². The number of rotatable bonds is 3. The van der Waals surface area contributed by atoms with Crippen LogP contribution in [-0.2, 0) is 4.74 Å². The Balaban J connectivity index is 2.26. The number of hydrogen-bond acceptors (Lipinski definition) is 5. The van der Waals surface area contributed by atoms with Crippen molar-refractivity contribution in [3.63, 3.8) is 0 Å². The van der Waals surface area contributed by atoms with E-state index in [4.69, 9.17) is 5.73 Å². The standard InChI is InChI=1S/C13H12IN3O2/c1-19-13(18)10-6-12(16-7-11(10)15)17-9-4-2-8(14)3-5-9/h2-7H,15H2,1H3,(H,16,17). The van der Waals surface area contributed by atoms with E-state index in [1.807, 2.05) is 24.3 Å². The summed E-state index contributed by atoms with van der Waals surface area (Å²) in [5.41, 5.74) is 7.16. The number of nitrogens with one attached hydrogen (secondary N) is 1. The van der Waals surface area contributed by atoms with Gasteiger partial charge in [-0.05, 0) is 52.9 Å². The molecule has 1 aromatic carbocycles. The third-order valence-electron chi connectivity index (χ3n) is 2.46. The number of methoxy groups -OCH3 is 1. The van der Waals surface area contributed by atoms with Crippen LogP contribution in [0.4, 0.5) is 17.2 Å². The molecule has 1 heterocycles. The second-order valence-corrected chi connectivity index (χ2v) is 5.03. The molecule has 6 heteroatoms. The zero-order valence-electron chi connectivity index (χ0n) is 10.2. The fourth-order valence-electron chi connectivity index (χ4n) is 1.50. The lowest BCUT2D eigenvalue weighted by Crippen LogP contribution is -2.07. The third kappa shape index (κ3) is 3.34. The Kier molecular flexibility index (Phi) is 4.20. The fraction of sp³-hybridized carbons (Fsp3) is 0.0769. The van der Waals surface area contributed by atoms with E-state index in [1.165, 1.54) is 13.3 Å². The molecule has 0 unspecified atom stereocenters. The molecule has 1 aromatic heterocycles. The van der Waals surface area contributed by atoms with Gasteiger partial charge in [0.15, 0.2) is 0 Å². The molecule has 0 aliphatic heterocycles. The van der Waals surface area contributed by atoms with Crippen molar-refractivity contribution < 1.29 is 9.53 Å². The largest absolute Gasteiger partial charge is 0.465 e. The molecule has 0 aliphatic carbocycles. The molecule has 19 heavy (non-hydrogen) atoms. The van der Waals surface area contributed by atoms with E-state index in [9.17, 15) is 4.79 Å². The van der Waals surface area contributed by atoms with E-state index in [1.54, 1.807) is 6.07 Å². The number of pyridine rings is 1. The highest BCUT2D eigenvalue weighted by Gasteiger charge is 2.11. The molecule has 0 spiro atoms. The Labute approximate surface area is 124 Å². The molecule has 0 atom stereocenters. The van der Waals surface area contributed by atoms with Crippen molar-refractivity contribution in [1.29, 1.82) is 0 Å². The highest BCUT2D eigenvalue weighted by atomic mass is 127. The second kappa shape index (κ2) is 5.87. The molecule has 0 radical (unpaired) electrons. The minimum atomic E-state index is -0.481. The summed E-state index contributed by atoms with van der Waals surface area (Å²) in [6.45, 7) is 0. The van der Waals surface area contributed by atoms with Crippen LogP contribution in [0, 0.1) is 3.57 Å². The van der Waals surface area contributed by atoms with Crippen LogP contribution in [0.25, 0.3) is 0 Å². The van der Waals surface area contributed by atoms with Crippen molar-refractivity contribution in [1.82, 2.24) is 4.98 Å². The number of nitrogens with zero attached hydrogens (tertiary/aromatic N) is 1. The van der Waals surface area contributed by atoms with Gasteiger partial charge in [0.05, 0.1) is 24.6 Å².